The van der Waals surface area contributed by atoms with Gasteiger partial charge < -0.3 is 29.9 Å². The Bertz CT molecular complexity index is 1580. The Balaban J connectivity index is 0.00000148. The Kier molecular flexibility index (Phi) is 11.2. The van der Waals surface area contributed by atoms with E-state index >= 15 is 0 Å². The van der Waals surface area contributed by atoms with Crippen molar-refractivity contribution < 1.29 is 37.8 Å². The molecule has 2 fully saturated rings. The topological polar surface area (TPSA) is 143 Å². The first-order valence-electron chi connectivity index (χ1n) is 14.3. The number of hydrogen-bond acceptors (Lipinski definition) is 7. The van der Waals surface area contributed by atoms with Gasteiger partial charge in [-0.2, -0.15) is 4.39 Å². The van der Waals surface area contributed by atoms with Gasteiger partial charge in [0, 0.05) is 43.7 Å². The fourth-order valence-corrected chi connectivity index (χ4v) is 5.92. The number of ketones is 1. The maximum absolute atomic E-state index is 14.6. The zero-order valence-electron chi connectivity index (χ0n) is 24.8. The van der Waals surface area contributed by atoms with Crippen molar-refractivity contribution in [2.24, 2.45) is 18.9 Å². The number of aromatic nitrogens is 2. The standard InChI is InChI=1S/C30H32ClF2N5O4.CH2O2/c1-37-23(21-5-6-25(42-2)27(33)26(21)32)15-35-28(37)29(40)36-19-3-4-20(22(31)14-19)30(41)38-12-9-17(16-38)13-24(39)18-7-10-34-11-8-18;2-1-3/h3-6,14-15,17-18,34H,7-13,16H2,1-2H3,(H,36,40);1H,(H,2,3). The van der Waals surface area contributed by atoms with E-state index in [9.17, 15) is 23.2 Å². The molecule has 14 heteroatoms. The van der Waals surface area contributed by atoms with Gasteiger partial charge in [-0.3, -0.25) is 19.2 Å². The van der Waals surface area contributed by atoms with Crippen LogP contribution in [0.1, 0.15) is 46.7 Å². The number of methoxy groups -OCH3 is 1. The van der Waals surface area contributed by atoms with E-state index in [2.05, 4.69) is 15.6 Å². The van der Waals surface area contributed by atoms with E-state index in [4.69, 9.17) is 26.2 Å². The normalized spacial score (nSPS) is 16.5. The molecule has 0 spiro atoms. The Hall–Kier alpha value is -4.36. The average molecular weight is 646 g/mol. The number of carboxylic acid groups (broad SMARTS) is 1. The Morgan fingerprint density at radius 3 is 2.53 bits per heavy atom. The molecule has 0 aliphatic carbocycles. The molecule has 2 amide bonds. The number of likely N-dealkylation sites (tertiary alicyclic amines) is 1. The number of anilines is 1. The molecule has 11 nitrogen and oxygen atoms in total. The average Bonchev–Trinajstić information content (AvgIpc) is 3.65. The molecular weight excluding hydrogens is 612 g/mol. The highest BCUT2D eigenvalue weighted by molar-refractivity contribution is 6.34. The summed E-state index contributed by atoms with van der Waals surface area (Å²) in [5.41, 5.74) is 0.753. The van der Waals surface area contributed by atoms with Crippen LogP contribution in [0.2, 0.25) is 5.02 Å². The van der Waals surface area contributed by atoms with Gasteiger partial charge in [-0.25, -0.2) is 9.37 Å². The zero-order chi connectivity index (χ0) is 32.7. The molecule has 3 N–H and O–H groups in total. The van der Waals surface area contributed by atoms with Crippen molar-refractivity contribution in [3.05, 3.63) is 64.6 Å². The molecule has 5 rings (SSSR count). The molecular formula is C31H34ClF2N5O6. The highest BCUT2D eigenvalue weighted by Crippen LogP contribution is 2.31. The summed E-state index contributed by atoms with van der Waals surface area (Å²) in [6, 6.07) is 7.23. The number of nitrogens with one attached hydrogen (secondary N) is 2. The molecule has 2 aliphatic heterocycles. The van der Waals surface area contributed by atoms with Gasteiger partial charge in [-0.1, -0.05) is 11.6 Å². The first kappa shape index (κ1) is 33.5. The molecule has 3 heterocycles. The molecule has 0 radical (unpaired) electrons. The first-order valence-corrected chi connectivity index (χ1v) is 14.7. The molecule has 45 heavy (non-hydrogen) atoms. The summed E-state index contributed by atoms with van der Waals surface area (Å²) in [4.78, 5) is 53.1. The van der Waals surface area contributed by atoms with Crippen LogP contribution in [0.4, 0.5) is 14.5 Å². The zero-order valence-corrected chi connectivity index (χ0v) is 25.6. The van der Waals surface area contributed by atoms with Crippen LogP contribution < -0.4 is 15.4 Å². The highest BCUT2D eigenvalue weighted by atomic mass is 35.5. The molecule has 1 atom stereocenters. The highest BCUT2D eigenvalue weighted by Gasteiger charge is 2.31. The van der Waals surface area contributed by atoms with Crippen LogP contribution in [0.5, 0.6) is 5.75 Å². The lowest BCUT2D eigenvalue weighted by atomic mass is 9.88. The third-order valence-electron chi connectivity index (χ3n) is 8.05. The molecule has 2 saturated heterocycles. The third kappa shape index (κ3) is 7.66. The predicted molar refractivity (Wildman–Crippen MR) is 162 cm³/mol. The van der Waals surface area contributed by atoms with Crippen LogP contribution in [0.15, 0.2) is 36.5 Å². The Labute approximate surface area is 263 Å². The fourth-order valence-electron chi connectivity index (χ4n) is 5.66. The second kappa shape index (κ2) is 15.1. The van der Waals surface area contributed by atoms with Crippen LogP contribution in [0.25, 0.3) is 11.3 Å². The van der Waals surface area contributed by atoms with E-state index in [0.29, 0.717) is 30.8 Å². The minimum atomic E-state index is -1.14. The van der Waals surface area contributed by atoms with Crippen molar-refractivity contribution in [3.8, 4) is 17.0 Å². The summed E-state index contributed by atoms with van der Waals surface area (Å²) in [7, 11) is 2.75. The van der Waals surface area contributed by atoms with Gasteiger partial charge in [-0.05, 0) is 68.6 Å². The van der Waals surface area contributed by atoms with Crippen molar-refractivity contribution >= 4 is 41.4 Å². The molecule has 3 aromatic rings. The first-order chi connectivity index (χ1) is 21.6. The summed E-state index contributed by atoms with van der Waals surface area (Å²) in [5, 5.41) is 13.0. The number of piperidine rings is 1. The number of amides is 2. The summed E-state index contributed by atoms with van der Waals surface area (Å²) in [6.07, 6.45) is 4.27. The minimum absolute atomic E-state index is 0.0425. The van der Waals surface area contributed by atoms with Crippen molar-refractivity contribution in [1.29, 1.82) is 0 Å². The number of carbonyl (C=O) groups excluding carboxylic acids is 3. The number of carbonyl (C=O) groups is 4. The maximum atomic E-state index is 14.6. The quantitative estimate of drug-likeness (QED) is 0.306. The second-order valence-electron chi connectivity index (χ2n) is 10.8. The van der Waals surface area contributed by atoms with Crippen molar-refractivity contribution in [3.63, 3.8) is 0 Å². The second-order valence-corrected chi connectivity index (χ2v) is 11.2. The van der Waals surface area contributed by atoms with Crippen LogP contribution in [0, 0.1) is 23.5 Å². The van der Waals surface area contributed by atoms with Gasteiger partial charge in [0.1, 0.15) is 5.78 Å². The van der Waals surface area contributed by atoms with Gasteiger partial charge in [-0.15, -0.1) is 0 Å². The number of halogens is 3. The molecule has 240 valence electrons. The monoisotopic (exact) mass is 645 g/mol. The van der Waals surface area contributed by atoms with Gasteiger partial charge in [0.2, 0.25) is 5.82 Å². The van der Waals surface area contributed by atoms with Gasteiger partial charge in [0.25, 0.3) is 18.3 Å². The van der Waals surface area contributed by atoms with Crippen LogP contribution in [-0.4, -0.2) is 76.9 Å². The fraction of sp³-hybridized carbons (Fsp3) is 0.387. The molecule has 1 unspecified atom stereocenters. The van der Waals surface area contributed by atoms with Gasteiger partial charge >= 0.3 is 0 Å². The number of rotatable bonds is 8. The largest absolute Gasteiger partial charge is 0.494 e. The van der Waals surface area contributed by atoms with Crippen LogP contribution in [0.3, 0.4) is 0 Å². The summed E-state index contributed by atoms with van der Waals surface area (Å²) in [6.45, 7) is 2.55. The lowest BCUT2D eigenvalue weighted by molar-refractivity contribution is -0.124. The van der Waals surface area contributed by atoms with E-state index in [-0.39, 0.29) is 57.9 Å². The molecule has 2 aliphatic rings. The van der Waals surface area contributed by atoms with Crippen molar-refractivity contribution in [2.45, 2.75) is 25.7 Å². The SMILES string of the molecule is COc1ccc(-c2cnc(C(=O)Nc3ccc(C(=O)N4CCC(CC(=O)C5CCNCC5)C4)c(Cl)c3)n2C)c(F)c1F.O=CO. The Morgan fingerprint density at radius 2 is 1.87 bits per heavy atom. The molecule has 0 saturated carbocycles. The molecule has 1 aromatic heterocycles. The van der Waals surface area contributed by atoms with Crippen molar-refractivity contribution in [2.75, 3.05) is 38.6 Å². The number of imidazole rings is 1. The molecule has 2 aromatic carbocycles. The minimum Gasteiger partial charge on any atom is -0.494 e. The van der Waals surface area contributed by atoms with Crippen LogP contribution >= 0.6 is 11.6 Å². The summed E-state index contributed by atoms with van der Waals surface area (Å²) < 4.78 is 35.0. The van der Waals surface area contributed by atoms with E-state index in [1.54, 1.807) is 17.0 Å². The summed E-state index contributed by atoms with van der Waals surface area (Å²) in [5.74, 6) is -2.82. The van der Waals surface area contributed by atoms with Crippen molar-refractivity contribution in [1.82, 2.24) is 19.8 Å². The molecule has 0 bridgehead atoms. The maximum Gasteiger partial charge on any atom is 0.291 e. The summed E-state index contributed by atoms with van der Waals surface area (Å²) >= 11 is 6.46. The smallest absolute Gasteiger partial charge is 0.291 e. The van der Waals surface area contributed by atoms with E-state index in [0.717, 1.165) is 32.4 Å². The third-order valence-corrected chi connectivity index (χ3v) is 8.36. The number of nitrogens with zero attached hydrogens (tertiary/aromatic N) is 3. The lowest BCUT2D eigenvalue weighted by Crippen LogP contribution is -2.33. The Morgan fingerprint density at radius 1 is 1.16 bits per heavy atom. The van der Waals surface area contributed by atoms with E-state index in [1.807, 2.05) is 0 Å². The lowest BCUT2D eigenvalue weighted by Gasteiger charge is -2.23. The van der Waals surface area contributed by atoms with E-state index in [1.165, 1.54) is 43.1 Å². The number of hydrogen-bond donors (Lipinski definition) is 3. The number of benzene rings is 2. The predicted octanol–water partition coefficient (Wildman–Crippen LogP) is 4.40. The number of Topliss-reactive ketones (excluding diaryl/α,β-unsaturated/α-hetero) is 1. The van der Waals surface area contributed by atoms with Gasteiger partial charge in [0.05, 0.1) is 29.6 Å². The van der Waals surface area contributed by atoms with Crippen LogP contribution in [-0.2, 0) is 16.6 Å². The van der Waals surface area contributed by atoms with Gasteiger partial charge in [0.15, 0.2) is 17.4 Å². The van der Waals surface area contributed by atoms with E-state index < -0.39 is 17.5 Å². The number of ether oxygens (including phenoxy) is 1.